The molecular weight excluding hydrogens is 188 g/mol. The van der Waals surface area contributed by atoms with Crippen molar-refractivity contribution < 1.29 is 4.74 Å². The summed E-state index contributed by atoms with van der Waals surface area (Å²) in [5.74, 6) is 0.712. The van der Waals surface area contributed by atoms with Gasteiger partial charge in [-0.25, -0.2) is 0 Å². The third-order valence-corrected chi connectivity index (χ3v) is 3.11. The molecule has 0 aliphatic carbocycles. The Balaban J connectivity index is 2.34. The van der Waals surface area contributed by atoms with Gasteiger partial charge in [-0.2, -0.15) is 0 Å². The number of nitrogens with one attached hydrogen (secondary N) is 1. The van der Waals surface area contributed by atoms with Crippen LogP contribution in [0.4, 0.5) is 0 Å². The van der Waals surface area contributed by atoms with Crippen LogP contribution in [0.2, 0.25) is 0 Å². The molecule has 1 aliphatic rings. The predicted octanol–water partition coefficient (Wildman–Crippen LogP) is 1.34. The van der Waals surface area contributed by atoms with Gasteiger partial charge in [0.1, 0.15) is 0 Å². The van der Waals surface area contributed by atoms with E-state index in [1.165, 1.54) is 19.4 Å². The fourth-order valence-corrected chi connectivity index (χ4v) is 2.32. The maximum Gasteiger partial charge on any atom is 0.0510 e. The van der Waals surface area contributed by atoms with Crippen LogP contribution in [0.15, 0.2) is 0 Å². The number of rotatable bonds is 7. The van der Waals surface area contributed by atoms with E-state index >= 15 is 0 Å². The van der Waals surface area contributed by atoms with Gasteiger partial charge in [-0.05, 0) is 33.0 Å². The Hall–Kier alpha value is -0.120. The summed E-state index contributed by atoms with van der Waals surface area (Å²) >= 11 is 0. The van der Waals surface area contributed by atoms with E-state index in [0.717, 1.165) is 26.3 Å². The van der Waals surface area contributed by atoms with Crippen molar-refractivity contribution in [2.45, 2.75) is 32.7 Å². The molecule has 90 valence electrons. The lowest BCUT2D eigenvalue weighted by Gasteiger charge is -2.28. The van der Waals surface area contributed by atoms with Crippen LogP contribution in [0.5, 0.6) is 0 Å². The van der Waals surface area contributed by atoms with Crippen LogP contribution in [0.3, 0.4) is 0 Å². The summed E-state index contributed by atoms with van der Waals surface area (Å²) in [6, 6.07) is 0.606. The van der Waals surface area contributed by atoms with Gasteiger partial charge >= 0.3 is 0 Å². The van der Waals surface area contributed by atoms with Crippen LogP contribution in [0.25, 0.3) is 0 Å². The molecule has 1 heterocycles. The van der Waals surface area contributed by atoms with E-state index in [1.807, 2.05) is 0 Å². The number of likely N-dealkylation sites (N-methyl/N-ethyl adjacent to an activating group) is 2. The van der Waals surface area contributed by atoms with Crippen LogP contribution in [0.1, 0.15) is 26.7 Å². The average Bonchev–Trinajstić information content (AvgIpc) is 2.70. The molecule has 0 amide bonds. The largest absolute Gasteiger partial charge is 0.381 e. The number of nitrogens with zero attached hydrogens (tertiary/aromatic N) is 1. The molecule has 0 bridgehead atoms. The van der Waals surface area contributed by atoms with E-state index < -0.39 is 0 Å². The molecule has 3 heteroatoms. The molecule has 0 radical (unpaired) electrons. The summed E-state index contributed by atoms with van der Waals surface area (Å²) in [5, 5.41) is 3.59. The monoisotopic (exact) mass is 214 g/mol. The second kappa shape index (κ2) is 7.20. The van der Waals surface area contributed by atoms with E-state index in [2.05, 4.69) is 31.1 Å². The molecule has 1 N–H and O–H groups in total. The lowest BCUT2D eigenvalue weighted by molar-refractivity contribution is 0.167. The Kier molecular flexibility index (Phi) is 6.22. The Morgan fingerprint density at radius 2 is 2.27 bits per heavy atom. The lowest BCUT2D eigenvalue weighted by atomic mass is 9.98. The van der Waals surface area contributed by atoms with Gasteiger partial charge in [0.05, 0.1) is 6.61 Å². The minimum absolute atomic E-state index is 0.606. The third-order valence-electron chi connectivity index (χ3n) is 3.11. The van der Waals surface area contributed by atoms with Crippen molar-refractivity contribution in [1.29, 1.82) is 0 Å². The summed E-state index contributed by atoms with van der Waals surface area (Å²) in [7, 11) is 2.21. The summed E-state index contributed by atoms with van der Waals surface area (Å²) in [4.78, 5) is 2.42. The zero-order valence-corrected chi connectivity index (χ0v) is 10.5. The van der Waals surface area contributed by atoms with Gasteiger partial charge in [0, 0.05) is 25.1 Å². The van der Waals surface area contributed by atoms with Crippen LogP contribution in [-0.4, -0.2) is 50.8 Å². The molecule has 0 aromatic heterocycles. The highest BCUT2D eigenvalue weighted by Gasteiger charge is 2.25. The van der Waals surface area contributed by atoms with Crippen LogP contribution >= 0.6 is 0 Å². The summed E-state index contributed by atoms with van der Waals surface area (Å²) in [5.41, 5.74) is 0. The van der Waals surface area contributed by atoms with Crippen LogP contribution in [-0.2, 0) is 4.74 Å². The molecule has 1 fully saturated rings. The molecule has 1 saturated heterocycles. The van der Waals surface area contributed by atoms with Crippen molar-refractivity contribution >= 4 is 0 Å². The van der Waals surface area contributed by atoms with E-state index in [1.54, 1.807) is 0 Å². The molecule has 2 unspecified atom stereocenters. The maximum absolute atomic E-state index is 5.47. The topological polar surface area (TPSA) is 24.5 Å². The van der Waals surface area contributed by atoms with E-state index in [4.69, 9.17) is 4.74 Å². The van der Waals surface area contributed by atoms with Gasteiger partial charge in [-0.3, -0.25) is 0 Å². The first kappa shape index (κ1) is 12.9. The highest BCUT2D eigenvalue weighted by molar-refractivity contribution is 4.81. The normalized spacial score (nSPS) is 23.6. The van der Waals surface area contributed by atoms with E-state index in [9.17, 15) is 0 Å². The molecule has 1 aliphatic heterocycles. The zero-order valence-electron chi connectivity index (χ0n) is 10.5. The quantitative estimate of drug-likeness (QED) is 0.692. The Bertz CT molecular complexity index is 158. The van der Waals surface area contributed by atoms with E-state index in [0.29, 0.717) is 12.0 Å². The smallest absolute Gasteiger partial charge is 0.0510 e. The maximum atomic E-state index is 5.47. The molecule has 0 spiro atoms. The molecule has 0 saturated carbocycles. The van der Waals surface area contributed by atoms with Crippen LogP contribution < -0.4 is 5.32 Å². The first-order chi connectivity index (χ1) is 7.27. The fourth-order valence-electron chi connectivity index (χ4n) is 2.32. The molecule has 0 aromatic rings. The second-order valence-electron chi connectivity index (χ2n) is 4.55. The van der Waals surface area contributed by atoms with Crippen molar-refractivity contribution in [1.82, 2.24) is 10.2 Å². The number of ether oxygens (including phenoxy) is 1. The molecule has 2 atom stereocenters. The van der Waals surface area contributed by atoms with Gasteiger partial charge in [0.2, 0.25) is 0 Å². The number of hydrogen-bond donors (Lipinski definition) is 1. The highest BCUT2D eigenvalue weighted by atomic mass is 16.5. The Morgan fingerprint density at radius 3 is 2.80 bits per heavy atom. The fraction of sp³-hybridized carbons (Fsp3) is 1.00. The first-order valence-electron chi connectivity index (χ1n) is 6.27. The van der Waals surface area contributed by atoms with Crippen molar-refractivity contribution in [3.05, 3.63) is 0 Å². The summed E-state index contributed by atoms with van der Waals surface area (Å²) < 4.78 is 5.47. The minimum atomic E-state index is 0.606. The SMILES string of the molecule is CCCN(C)CC(NCC)C1CCOC1. The molecule has 3 nitrogen and oxygen atoms in total. The Labute approximate surface area is 94.2 Å². The van der Waals surface area contributed by atoms with Crippen molar-refractivity contribution in [2.75, 3.05) is 39.9 Å². The van der Waals surface area contributed by atoms with Gasteiger partial charge in [-0.15, -0.1) is 0 Å². The van der Waals surface area contributed by atoms with Crippen LogP contribution in [0, 0.1) is 5.92 Å². The van der Waals surface area contributed by atoms with E-state index in [-0.39, 0.29) is 0 Å². The third kappa shape index (κ3) is 4.49. The van der Waals surface area contributed by atoms with Gasteiger partial charge in [-0.1, -0.05) is 13.8 Å². The second-order valence-corrected chi connectivity index (χ2v) is 4.55. The summed E-state index contributed by atoms with van der Waals surface area (Å²) in [6.07, 6.45) is 2.45. The van der Waals surface area contributed by atoms with Gasteiger partial charge in [0.15, 0.2) is 0 Å². The molecule has 1 rings (SSSR count). The summed E-state index contributed by atoms with van der Waals surface area (Å²) in [6.45, 7) is 9.70. The van der Waals surface area contributed by atoms with Crippen molar-refractivity contribution in [2.24, 2.45) is 5.92 Å². The lowest BCUT2D eigenvalue weighted by Crippen LogP contribution is -2.45. The first-order valence-corrected chi connectivity index (χ1v) is 6.27. The number of hydrogen-bond acceptors (Lipinski definition) is 3. The molecule has 15 heavy (non-hydrogen) atoms. The zero-order chi connectivity index (χ0) is 11.1. The standard InChI is InChI=1S/C12H26N2O/c1-4-7-14(3)9-12(13-5-2)11-6-8-15-10-11/h11-13H,4-10H2,1-3H3. The highest BCUT2D eigenvalue weighted by Crippen LogP contribution is 2.17. The average molecular weight is 214 g/mol. The van der Waals surface area contributed by atoms with Crippen molar-refractivity contribution in [3.63, 3.8) is 0 Å². The minimum Gasteiger partial charge on any atom is -0.381 e. The predicted molar refractivity (Wildman–Crippen MR) is 64.2 cm³/mol. The Morgan fingerprint density at radius 1 is 1.47 bits per heavy atom. The van der Waals surface area contributed by atoms with Crippen molar-refractivity contribution in [3.8, 4) is 0 Å². The van der Waals surface area contributed by atoms with Gasteiger partial charge < -0.3 is 15.0 Å². The molecular formula is C12H26N2O. The molecule has 0 aromatic carbocycles. The van der Waals surface area contributed by atoms with Gasteiger partial charge in [0.25, 0.3) is 0 Å².